The Balaban J connectivity index is 3.28. The molecule has 0 aromatic heterocycles. The van der Waals surface area contributed by atoms with Crippen molar-refractivity contribution in [1.29, 1.82) is 0 Å². The zero-order valence-electron chi connectivity index (χ0n) is 7.99. The number of sulfone groups is 1. The molecule has 2 nitrogen and oxygen atoms in total. The quantitative estimate of drug-likeness (QED) is 0.831. The Bertz CT molecular complexity index is 461. The molecule has 0 aliphatic rings. The summed E-state index contributed by atoms with van der Waals surface area (Å²) in [5.74, 6) is 0. The van der Waals surface area contributed by atoms with Gasteiger partial charge in [0.2, 0.25) is 0 Å². The van der Waals surface area contributed by atoms with Gasteiger partial charge in [0, 0.05) is 6.26 Å². The summed E-state index contributed by atoms with van der Waals surface area (Å²) in [7, 11) is -3.11. The number of allylic oxidation sites excluding steroid dienone is 1. The van der Waals surface area contributed by atoms with Gasteiger partial charge in [0.25, 0.3) is 0 Å². The molecule has 0 amide bonds. The van der Waals surface area contributed by atoms with Crippen molar-refractivity contribution < 1.29 is 8.42 Å². The Morgan fingerprint density at radius 1 is 1.43 bits per heavy atom. The van der Waals surface area contributed by atoms with E-state index in [1.54, 1.807) is 23.2 Å². The first kappa shape index (κ1) is 11.5. The summed E-state index contributed by atoms with van der Waals surface area (Å²) in [4.78, 5) is 2.12. The lowest BCUT2D eigenvalue weighted by Gasteiger charge is -2.02. The summed E-state index contributed by atoms with van der Waals surface area (Å²) in [5.41, 5.74) is 1.90. The molecule has 0 radical (unpaired) electrons. The van der Waals surface area contributed by atoms with E-state index in [1.165, 1.54) is 6.26 Å². The lowest BCUT2D eigenvalue weighted by Crippen LogP contribution is -1.97. The summed E-state index contributed by atoms with van der Waals surface area (Å²) < 4.78 is 22.5. The lowest BCUT2D eigenvalue weighted by atomic mass is 10.1. The normalized spacial score (nSPS) is 12.9. The van der Waals surface area contributed by atoms with Crippen LogP contribution in [-0.2, 0) is 9.84 Å². The fraction of sp³-hybridized carbons (Fsp3) is 0.200. The van der Waals surface area contributed by atoms with E-state index in [0.717, 1.165) is 11.1 Å². The molecule has 1 aromatic carbocycles. The van der Waals surface area contributed by atoms with Crippen LogP contribution in [0.5, 0.6) is 0 Å². The second-order valence-corrected chi connectivity index (χ2v) is 5.57. The van der Waals surface area contributed by atoms with Gasteiger partial charge in [-0.3, -0.25) is 0 Å². The maximum Gasteiger partial charge on any atom is 0.175 e. The minimum Gasteiger partial charge on any atom is -0.224 e. The zero-order chi connectivity index (χ0) is 10.8. The third-order valence-electron chi connectivity index (χ3n) is 1.88. The highest BCUT2D eigenvalue weighted by atomic mass is 79.9. The highest BCUT2D eigenvalue weighted by molar-refractivity contribution is 9.11. The maximum absolute atomic E-state index is 11.3. The Morgan fingerprint density at radius 3 is 2.57 bits per heavy atom. The van der Waals surface area contributed by atoms with Gasteiger partial charge in [-0.1, -0.05) is 28.1 Å². The molecule has 0 saturated carbocycles. The number of halogens is 1. The van der Waals surface area contributed by atoms with Gasteiger partial charge in [0.1, 0.15) is 0 Å². The largest absolute Gasteiger partial charge is 0.224 e. The Kier molecular flexibility index (Phi) is 3.50. The zero-order valence-corrected chi connectivity index (χ0v) is 10.4. The molecular weight excluding hydrogens is 264 g/mol. The molecule has 4 heteroatoms. The molecule has 76 valence electrons. The summed E-state index contributed by atoms with van der Waals surface area (Å²) >= 11 is 3.22. The predicted molar refractivity (Wildman–Crippen MR) is 62.1 cm³/mol. The summed E-state index contributed by atoms with van der Waals surface area (Å²) in [6.07, 6.45) is 1.21. The van der Waals surface area contributed by atoms with Crippen molar-refractivity contribution in [3.63, 3.8) is 0 Å². The average molecular weight is 275 g/mol. The number of hydrogen-bond donors (Lipinski definition) is 0. The first-order chi connectivity index (χ1) is 6.45. The third kappa shape index (κ3) is 2.69. The van der Waals surface area contributed by atoms with Gasteiger partial charge in [-0.25, -0.2) is 8.42 Å². The Hall–Kier alpha value is -0.610. The minimum absolute atomic E-state index is 0.351. The molecule has 0 unspecified atom stereocenters. The van der Waals surface area contributed by atoms with Crippen molar-refractivity contribution in [1.82, 2.24) is 0 Å². The standard InChI is InChI=1S/C10H11BrO2S/c1-8(7-11)9-4-3-5-10(6-9)14(2,12)13/h3-7H,1-2H3. The van der Waals surface area contributed by atoms with Crippen LogP contribution in [0.15, 0.2) is 34.1 Å². The van der Waals surface area contributed by atoms with E-state index in [0.29, 0.717) is 4.90 Å². The fourth-order valence-corrected chi connectivity index (χ4v) is 1.97. The van der Waals surface area contributed by atoms with Gasteiger partial charge < -0.3 is 0 Å². The predicted octanol–water partition coefficient (Wildman–Crippen LogP) is 2.85. The monoisotopic (exact) mass is 274 g/mol. The second kappa shape index (κ2) is 4.28. The van der Waals surface area contributed by atoms with Gasteiger partial charge in [-0.2, -0.15) is 0 Å². The van der Waals surface area contributed by atoms with E-state index >= 15 is 0 Å². The molecule has 0 N–H and O–H groups in total. The summed E-state index contributed by atoms with van der Waals surface area (Å²) in [6.45, 7) is 1.91. The van der Waals surface area contributed by atoms with Crippen LogP contribution in [-0.4, -0.2) is 14.7 Å². The van der Waals surface area contributed by atoms with E-state index in [4.69, 9.17) is 0 Å². The van der Waals surface area contributed by atoms with Crippen molar-refractivity contribution in [3.05, 3.63) is 34.8 Å². The van der Waals surface area contributed by atoms with E-state index < -0.39 is 9.84 Å². The van der Waals surface area contributed by atoms with Crippen LogP contribution in [0, 0.1) is 0 Å². The first-order valence-corrected chi connectivity index (χ1v) is 6.83. The Morgan fingerprint density at radius 2 is 2.07 bits per heavy atom. The highest BCUT2D eigenvalue weighted by Crippen LogP contribution is 2.19. The number of hydrogen-bond acceptors (Lipinski definition) is 2. The molecule has 0 aliphatic carbocycles. The molecule has 0 saturated heterocycles. The Labute approximate surface area is 92.7 Å². The minimum atomic E-state index is -3.11. The molecule has 0 aliphatic heterocycles. The second-order valence-electron chi connectivity index (χ2n) is 3.09. The molecule has 1 aromatic rings. The SMILES string of the molecule is CC(=CBr)c1cccc(S(C)(=O)=O)c1. The van der Waals surface area contributed by atoms with Crippen molar-refractivity contribution in [2.45, 2.75) is 11.8 Å². The van der Waals surface area contributed by atoms with Crippen LogP contribution < -0.4 is 0 Å². The molecule has 0 fully saturated rings. The number of benzene rings is 1. The van der Waals surface area contributed by atoms with Crippen LogP contribution in [0.2, 0.25) is 0 Å². The highest BCUT2D eigenvalue weighted by Gasteiger charge is 2.07. The average Bonchev–Trinajstić information content (AvgIpc) is 2.15. The maximum atomic E-state index is 11.3. The van der Waals surface area contributed by atoms with Crippen molar-refractivity contribution in [2.24, 2.45) is 0 Å². The van der Waals surface area contributed by atoms with Crippen LogP contribution in [0.3, 0.4) is 0 Å². The topological polar surface area (TPSA) is 34.1 Å². The lowest BCUT2D eigenvalue weighted by molar-refractivity contribution is 0.602. The first-order valence-electron chi connectivity index (χ1n) is 4.02. The van der Waals surface area contributed by atoms with Crippen LogP contribution in [0.4, 0.5) is 0 Å². The smallest absolute Gasteiger partial charge is 0.175 e. The molecule has 0 heterocycles. The van der Waals surface area contributed by atoms with E-state index in [1.807, 2.05) is 13.0 Å². The summed E-state index contributed by atoms with van der Waals surface area (Å²) in [5, 5.41) is 0. The van der Waals surface area contributed by atoms with Crippen molar-refractivity contribution in [3.8, 4) is 0 Å². The van der Waals surface area contributed by atoms with Crippen LogP contribution in [0.1, 0.15) is 12.5 Å². The van der Waals surface area contributed by atoms with Gasteiger partial charge in [-0.05, 0) is 35.2 Å². The van der Waals surface area contributed by atoms with E-state index in [9.17, 15) is 8.42 Å². The van der Waals surface area contributed by atoms with Crippen LogP contribution >= 0.6 is 15.9 Å². The molecule has 0 bridgehead atoms. The van der Waals surface area contributed by atoms with Crippen molar-refractivity contribution in [2.75, 3.05) is 6.26 Å². The molecule has 1 rings (SSSR count). The van der Waals surface area contributed by atoms with E-state index in [-0.39, 0.29) is 0 Å². The molecule has 0 atom stereocenters. The van der Waals surface area contributed by atoms with Gasteiger partial charge in [-0.15, -0.1) is 0 Å². The third-order valence-corrected chi connectivity index (χ3v) is 3.68. The van der Waals surface area contributed by atoms with E-state index in [2.05, 4.69) is 15.9 Å². The van der Waals surface area contributed by atoms with Gasteiger partial charge in [0.05, 0.1) is 4.90 Å². The molecular formula is C10H11BrO2S. The fourth-order valence-electron chi connectivity index (χ4n) is 1.04. The number of rotatable bonds is 2. The molecule has 14 heavy (non-hydrogen) atoms. The van der Waals surface area contributed by atoms with Crippen molar-refractivity contribution >= 4 is 31.3 Å². The van der Waals surface area contributed by atoms with Gasteiger partial charge in [0.15, 0.2) is 9.84 Å². The summed E-state index contributed by atoms with van der Waals surface area (Å²) in [6, 6.07) is 6.89. The molecule has 0 spiro atoms. The van der Waals surface area contributed by atoms with Gasteiger partial charge >= 0.3 is 0 Å². The van der Waals surface area contributed by atoms with Crippen LogP contribution in [0.25, 0.3) is 5.57 Å².